The number of nitrogens with one attached hydrogen (secondary N) is 1. The Bertz CT molecular complexity index is 1060. The summed E-state index contributed by atoms with van der Waals surface area (Å²) in [7, 11) is 0. The van der Waals surface area contributed by atoms with Gasteiger partial charge in [0.25, 0.3) is 0 Å². The number of nitrogens with zero attached hydrogens (tertiary/aromatic N) is 7. The topological polar surface area (TPSA) is 90.1 Å². The minimum Gasteiger partial charge on any atom is -0.323 e. The molecule has 3 heterocycles. The molecular formula is C22H28N8. The van der Waals surface area contributed by atoms with Gasteiger partial charge in [-0.2, -0.15) is 5.10 Å². The maximum absolute atomic E-state index is 4.84. The van der Waals surface area contributed by atoms with E-state index in [1.54, 1.807) is 0 Å². The van der Waals surface area contributed by atoms with E-state index in [0.717, 1.165) is 55.1 Å². The minimum absolute atomic E-state index is 0.399. The van der Waals surface area contributed by atoms with Crippen molar-refractivity contribution >= 4 is 0 Å². The SMILES string of the molecule is CCCCc1nc(C(C)CC)n(Cc2ccc(-n3ccc(-c4nnn[nH]4)c3)cc2)n1. The molecular weight excluding hydrogens is 376 g/mol. The van der Waals surface area contributed by atoms with E-state index in [-0.39, 0.29) is 0 Å². The molecule has 0 radical (unpaired) electrons. The third-order valence-electron chi connectivity index (χ3n) is 5.43. The Kier molecular flexibility index (Phi) is 6.02. The van der Waals surface area contributed by atoms with Gasteiger partial charge in [-0.15, -0.1) is 5.10 Å². The lowest BCUT2D eigenvalue weighted by Crippen LogP contribution is -2.09. The van der Waals surface area contributed by atoms with Crippen LogP contribution in [0, 0.1) is 0 Å². The number of aryl methyl sites for hydroxylation is 1. The lowest BCUT2D eigenvalue weighted by atomic mass is 10.1. The van der Waals surface area contributed by atoms with E-state index in [1.807, 2.05) is 18.5 Å². The van der Waals surface area contributed by atoms with Crippen LogP contribution in [0.15, 0.2) is 42.7 Å². The fourth-order valence-electron chi connectivity index (χ4n) is 3.43. The van der Waals surface area contributed by atoms with Crippen LogP contribution in [0.25, 0.3) is 17.1 Å². The zero-order valence-electron chi connectivity index (χ0n) is 17.8. The Morgan fingerprint density at radius 2 is 1.93 bits per heavy atom. The highest BCUT2D eigenvalue weighted by Gasteiger charge is 2.15. The molecule has 4 rings (SSSR count). The molecule has 0 spiro atoms. The van der Waals surface area contributed by atoms with Crippen LogP contribution in [0.4, 0.5) is 0 Å². The van der Waals surface area contributed by atoms with Crippen LogP contribution in [0.1, 0.15) is 63.2 Å². The molecule has 30 heavy (non-hydrogen) atoms. The lowest BCUT2D eigenvalue weighted by molar-refractivity contribution is 0.574. The highest BCUT2D eigenvalue weighted by atomic mass is 15.5. The van der Waals surface area contributed by atoms with E-state index in [1.165, 1.54) is 5.56 Å². The number of unbranched alkanes of at least 4 members (excludes halogenated alkanes) is 1. The van der Waals surface area contributed by atoms with Crippen LogP contribution in [0.5, 0.6) is 0 Å². The molecule has 0 saturated carbocycles. The zero-order valence-corrected chi connectivity index (χ0v) is 17.8. The number of hydrogen-bond acceptors (Lipinski definition) is 5. The largest absolute Gasteiger partial charge is 0.323 e. The van der Waals surface area contributed by atoms with Crippen LogP contribution < -0.4 is 0 Å². The zero-order chi connectivity index (χ0) is 20.9. The summed E-state index contributed by atoms with van der Waals surface area (Å²) < 4.78 is 4.14. The first-order valence-electron chi connectivity index (χ1n) is 10.6. The molecule has 0 aliphatic rings. The first kappa shape index (κ1) is 20.0. The summed E-state index contributed by atoms with van der Waals surface area (Å²) in [6.45, 7) is 7.36. The van der Waals surface area contributed by atoms with Crippen molar-refractivity contribution in [2.24, 2.45) is 0 Å². The van der Waals surface area contributed by atoms with Crippen molar-refractivity contribution < 1.29 is 0 Å². The number of rotatable bonds is 9. The first-order valence-corrected chi connectivity index (χ1v) is 10.6. The molecule has 0 saturated heterocycles. The van der Waals surface area contributed by atoms with Crippen molar-refractivity contribution in [3.63, 3.8) is 0 Å². The Morgan fingerprint density at radius 1 is 1.10 bits per heavy atom. The third kappa shape index (κ3) is 4.32. The molecule has 1 N–H and O–H groups in total. The number of H-pyrrole nitrogens is 1. The Balaban J connectivity index is 1.51. The van der Waals surface area contributed by atoms with E-state index in [9.17, 15) is 0 Å². The van der Waals surface area contributed by atoms with Crippen molar-refractivity contribution in [1.82, 2.24) is 40.0 Å². The van der Waals surface area contributed by atoms with E-state index >= 15 is 0 Å². The molecule has 1 unspecified atom stereocenters. The fourth-order valence-corrected chi connectivity index (χ4v) is 3.43. The quantitative estimate of drug-likeness (QED) is 0.452. The molecule has 8 nitrogen and oxygen atoms in total. The molecule has 4 aromatic rings. The highest BCUT2D eigenvalue weighted by molar-refractivity contribution is 5.54. The fraction of sp³-hybridized carbons (Fsp3) is 0.409. The van der Waals surface area contributed by atoms with Crippen molar-refractivity contribution in [3.05, 3.63) is 59.9 Å². The Morgan fingerprint density at radius 3 is 2.63 bits per heavy atom. The number of benzene rings is 1. The maximum Gasteiger partial charge on any atom is 0.180 e. The molecule has 0 amide bonds. The van der Waals surface area contributed by atoms with E-state index in [2.05, 4.69) is 74.9 Å². The molecule has 0 aliphatic carbocycles. The van der Waals surface area contributed by atoms with Crippen molar-refractivity contribution in [2.75, 3.05) is 0 Å². The summed E-state index contributed by atoms with van der Waals surface area (Å²) >= 11 is 0. The Hall–Kier alpha value is -3.29. The number of hydrogen-bond donors (Lipinski definition) is 1. The molecule has 156 valence electrons. The van der Waals surface area contributed by atoms with Gasteiger partial charge in [0, 0.05) is 36.0 Å². The van der Waals surface area contributed by atoms with Gasteiger partial charge >= 0.3 is 0 Å². The smallest absolute Gasteiger partial charge is 0.180 e. The van der Waals surface area contributed by atoms with Crippen LogP contribution >= 0.6 is 0 Å². The standard InChI is InChI=1S/C22H28N8/c1-4-6-7-20-23-22(16(3)5-2)30(26-20)14-17-8-10-19(11-9-17)29-13-12-18(15-29)21-24-27-28-25-21/h8-13,15-16H,4-7,14H2,1-3H3,(H,24,25,27,28). The molecule has 0 bridgehead atoms. The summed E-state index contributed by atoms with van der Waals surface area (Å²) in [5.41, 5.74) is 3.24. The van der Waals surface area contributed by atoms with Gasteiger partial charge in [-0.1, -0.05) is 39.3 Å². The number of aromatic amines is 1. The van der Waals surface area contributed by atoms with Crippen LogP contribution in [0.3, 0.4) is 0 Å². The second-order valence-electron chi connectivity index (χ2n) is 7.68. The summed E-state index contributed by atoms with van der Waals surface area (Å²) in [6, 6.07) is 10.5. The predicted molar refractivity (Wildman–Crippen MR) is 115 cm³/mol. The van der Waals surface area contributed by atoms with Crippen LogP contribution in [0.2, 0.25) is 0 Å². The van der Waals surface area contributed by atoms with Gasteiger partial charge in [0.1, 0.15) is 5.82 Å². The van der Waals surface area contributed by atoms with Gasteiger partial charge in [0.2, 0.25) is 0 Å². The highest BCUT2D eigenvalue weighted by Crippen LogP contribution is 2.21. The normalized spacial score (nSPS) is 12.4. The van der Waals surface area contributed by atoms with Gasteiger partial charge in [-0.3, -0.25) is 0 Å². The summed E-state index contributed by atoms with van der Waals surface area (Å²) in [5, 5.41) is 18.8. The first-order chi connectivity index (χ1) is 14.7. The monoisotopic (exact) mass is 404 g/mol. The van der Waals surface area contributed by atoms with Gasteiger partial charge < -0.3 is 4.57 Å². The molecule has 3 aromatic heterocycles. The summed E-state index contributed by atoms with van der Waals surface area (Å²) in [5.74, 6) is 3.11. The third-order valence-corrected chi connectivity index (χ3v) is 5.43. The molecule has 1 atom stereocenters. The van der Waals surface area contributed by atoms with Gasteiger partial charge in [0.05, 0.1) is 6.54 Å². The second-order valence-corrected chi connectivity index (χ2v) is 7.68. The van der Waals surface area contributed by atoms with E-state index in [4.69, 9.17) is 10.1 Å². The van der Waals surface area contributed by atoms with Gasteiger partial charge in [-0.25, -0.2) is 14.8 Å². The van der Waals surface area contributed by atoms with E-state index < -0.39 is 0 Å². The average molecular weight is 405 g/mol. The summed E-state index contributed by atoms with van der Waals surface area (Å²) in [6.07, 6.45) is 8.30. The van der Waals surface area contributed by atoms with E-state index in [0.29, 0.717) is 11.7 Å². The maximum atomic E-state index is 4.84. The van der Waals surface area contributed by atoms with Gasteiger partial charge in [0.15, 0.2) is 11.6 Å². The Labute approximate surface area is 176 Å². The molecule has 0 fully saturated rings. The van der Waals surface area contributed by atoms with Crippen molar-refractivity contribution in [2.45, 2.75) is 58.9 Å². The van der Waals surface area contributed by atoms with Gasteiger partial charge in [-0.05, 0) is 47.0 Å². The van der Waals surface area contributed by atoms with Crippen molar-refractivity contribution in [1.29, 1.82) is 0 Å². The second kappa shape index (κ2) is 9.02. The van der Waals surface area contributed by atoms with Crippen LogP contribution in [-0.2, 0) is 13.0 Å². The molecule has 0 aliphatic heterocycles. The number of aromatic nitrogens is 8. The predicted octanol–water partition coefficient (Wildman–Crippen LogP) is 4.15. The summed E-state index contributed by atoms with van der Waals surface area (Å²) in [4.78, 5) is 4.84. The molecule has 1 aromatic carbocycles. The number of tetrazole rings is 1. The molecule has 8 heteroatoms. The lowest BCUT2D eigenvalue weighted by Gasteiger charge is -2.11. The average Bonchev–Trinajstić information content (AvgIpc) is 3.52. The van der Waals surface area contributed by atoms with Crippen molar-refractivity contribution in [3.8, 4) is 17.1 Å². The minimum atomic E-state index is 0.399. The van der Waals surface area contributed by atoms with Crippen LogP contribution in [-0.4, -0.2) is 40.0 Å².